The zero-order valence-electron chi connectivity index (χ0n) is 61.4. The summed E-state index contributed by atoms with van der Waals surface area (Å²) in [6.07, 6.45) is 5.08. The van der Waals surface area contributed by atoms with Gasteiger partial charge in [0, 0.05) is 60.2 Å². The van der Waals surface area contributed by atoms with E-state index >= 15 is 0 Å². The molecule has 9 nitrogen and oxygen atoms in total. The topological polar surface area (TPSA) is 56.9 Å². The third-order valence-corrected chi connectivity index (χ3v) is 17.7. The Morgan fingerprint density at radius 2 is 0.850 bits per heavy atom. The quantitative estimate of drug-likeness (QED) is 0.116. The van der Waals surface area contributed by atoms with Crippen molar-refractivity contribution in [3.8, 4) is 85.0 Å². The summed E-state index contributed by atoms with van der Waals surface area (Å²) in [7, 11) is 15.2. The molecule has 0 unspecified atom stereocenters. The lowest BCUT2D eigenvalue weighted by Gasteiger charge is -2.17. The Hall–Kier alpha value is -11.9. The van der Waals surface area contributed by atoms with E-state index in [9.17, 15) is 57.1 Å². The van der Waals surface area contributed by atoms with Gasteiger partial charge in [-0.25, -0.2) is 67.3 Å². The SMILES string of the molecule is Cc1c(-c2cccc[n+]2C)cc(C(F)(F)F)cc1C(F)(F)F.Cc1cc(F)c(C#N)c(F)c1-c1cccc[n+]1C.Cc1cc(F)cc(F)c1-c1cc(F)cc[n+]1C.Cc1cc(F)ccc1-c1cc(F)cc[n+]1C.Cc1ccc(-c2ccccc2)cc1-c1n(C)cc[n+]1C.Cc1ccccc1-c1n(C)cc[n+]1C. The molecule has 6 aromatic heterocycles. The minimum Gasteiger partial charge on any atom is -0.233 e. The van der Waals surface area contributed by atoms with Gasteiger partial charge in [-0.05, 0) is 153 Å². The summed E-state index contributed by atoms with van der Waals surface area (Å²) in [4.78, 5) is 0. The van der Waals surface area contributed by atoms with Gasteiger partial charge in [-0.3, -0.25) is 0 Å². The van der Waals surface area contributed by atoms with Crippen molar-refractivity contribution in [1.82, 2.24) is 9.13 Å². The number of aryl methyl sites for hydroxylation is 13. The smallest absolute Gasteiger partial charge is 0.233 e. The molecule has 13 aromatic rings. The first-order valence-electron chi connectivity index (χ1n) is 33.4. The van der Waals surface area contributed by atoms with E-state index < -0.39 is 58.1 Å². The Bertz CT molecular complexity index is 5320. The fourth-order valence-electron chi connectivity index (χ4n) is 12.2. The molecule has 13 rings (SSSR count). The van der Waals surface area contributed by atoms with Crippen molar-refractivity contribution >= 4 is 0 Å². The summed E-state index contributed by atoms with van der Waals surface area (Å²) in [6.45, 7) is 10.5. The number of pyridine rings is 4. The second-order valence-electron chi connectivity index (χ2n) is 25.6. The molecule has 0 saturated carbocycles. The molecule has 0 spiro atoms. The van der Waals surface area contributed by atoms with Crippen molar-refractivity contribution in [2.45, 2.75) is 53.9 Å². The van der Waals surface area contributed by atoms with Crippen molar-refractivity contribution in [2.75, 3.05) is 0 Å². The first-order chi connectivity index (χ1) is 50.5. The first kappa shape index (κ1) is 80.8. The number of rotatable bonds is 7. The van der Waals surface area contributed by atoms with Gasteiger partial charge in [0.1, 0.15) is 99.5 Å². The molecular formula is C85H80F13N9+6. The minimum absolute atomic E-state index is 0.0924. The van der Waals surface area contributed by atoms with Crippen LogP contribution in [0.1, 0.15) is 50.1 Å². The predicted octanol–water partition coefficient (Wildman–Crippen LogP) is 18.1. The van der Waals surface area contributed by atoms with Gasteiger partial charge < -0.3 is 0 Å². The molecule has 0 aliphatic rings. The van der Waals surface area contributed by atoms with Crippen LogP contribution >= 0.6 is 0 Å². The zero-order valence-corrected chi connectivity index (χ0v) is 61.4. The van der Waals surface area contributed by atoms with E-state index in [1.54, 1.807) is 99.1 Å². The summed E-state index contributed by atoms with van der Waals surface area (Å²) in [5, 5.41) is 8.79. The summed E-state index contributed by atoms with van der Waals surface area (Å²) >= 11 is 0. The third kappa shape index (κ3) is 19.8. The number of aromatic nitrogens is 8. The number of imidazole rings is 2. The second kappa shape index (κ2) is 34.8. The molecule has 0 N–H and O–H groups in total. The fraction of sp³-hybridized carbons (Fsp3) is 0.188. The number of nitrogens with zero attached hydrogens (tertiary/aromatic N) is 9. The number of benzene rings is 7. The molecule has 22 heteroatoms. The van der Waals surface area contributed by atoms with Gasteiger partial charge in [0.2, 0.25) is 22.8 Å². The minimum atomic E-state index is -4.85. The number of halogens is 13. The van der Waals surface area contributed by atoms with Crippen molar-refractivity contribution in [1.29, 1.82) is 5.26 Å². The highest BCUT2D eigenvalue weighted by Gasteiger charge is 2.40. The summed E-state index contributed by atoms with van der Waals surface area (Å²) < 4.78 is 187. The van der Waals surface area contributed by atoms with Crippen LogP contribution in [0.2, 0.25) is 0 Å². The Labute approximate surface area is 613 Å². The number of hydrogen-bond donors (Lipinski definition) is 0. The maximum absolute atomic E-state index is 14.2. The van der Waals surface area contributed by atoms with E-state index in [2.05, 4.69) is 158 Å². The first-order valence-corrected chi connectivity index (χ1v) is 33.4. The summed E-state index contributed by atoms with van der Waals surface area (Å²) in [5.41, 5.74) is 9.22. The summed E-state index contributed by atoms with van der Waals surface area (Å²) in [6, 6.07) is 51.1. The van der Waals surface area contributed by atoms with E-state index in [0.29, 0.717) is 22.5 Å². The molecule has 0 amide bonds. The maximum atomic E-state index is 14.2. The van der Waals surface area contributed by atoms with Gasteiger partial charge in [-0.15, -0.1) is 0 Å². The standard InChI is InChI=1S/C18H19N2.C15H12F6N.C14H11F2N2.C13H11F3N.C13H12F2N.C12H15N2/c1-14-9-10-16(15-7-5-4-6-8-15)13-17(14)18-19(2)11-12-20(18)3;1-9-11(13-5-3-4-6-22(13)2)7-10(14(16,17)18)8-12(9)15(19,20)21;1-9-7-11(15)10(8-17)14(16)13(9)12-5-3-4-6-18(12)2;1-8-5-10(15)6-11(16)13(8)12-7-9(14)3-4-17(12)2;1-9-7-10(14)3-4-12(9)13-8-11(15)5-6-16(13)2;1-10-6-4-5-7-11(10)12-13(2)8-9-14(12)3/h4-13H,1-3H3;3-8H,1-2H3;3-7H,1-2H3;3-7H,1-2H3;3-8H,1-2H3;4-9H,1-3H3/q6*+1. The highest BCUT2D eigenvalue weighted by atomic mass is 19.4. The lowest BCUT2D eigenvalue weighted by atomic mass is 9.95. The van der Waals surface area contributed by atoms with Crippen molar-refractivity contribution in [2.24, 2.45) is 56.4 Å². The molecule has 0 bridgehead atoms. The molecule has 0 aliphatic carbocycles. The largest absolute Gasteiger partial charge is 0.416 e. The Morgan fingerprint density at radius 3 is 1.38 bits per heavy atom. The highest BCUT2D eigenvalue weighted by Crippen LogP contribution is 2.41. The van der Waals surface area contributed by atoms with Gasteiger partial charge in [0.15, 0.2) is 30.6 Å². The van der Waals surface area contributed by atoms with Gasteiger partial charge >= 0.3 is 12.4 Å². The number of hydrogen-bond acceptors (Lipinski definition) is 1. The van der Waals surface area contributed by atoms with Crippen molar-refractivity contribution < 1.29 is 84.5 Å². The number of nitriles is 1. The number of alkyl halides is 6. The Morgan fingerprint density at radius 1 is 0.346 bits per heavy atom. The average molecular weight is 1470 g/mol. The Kier molecular flexibility index (Phi) is 26.3. The lowest BCUT2D eigenvalue weighted by Crippen LogP contribution is -2.31. The lowest BCUT2D eigenvalue weighted by molar-refractivity contribution is -0.660. The van der Waals surface area contributed by atoms with Crippen LogP contribution in [-0.2, 0) is 68.7 Å². The van der Waals surface area contributed by atoms with Gasteiger partial charge in [0.05, 0.1) is 67.1 Å². The van der Waals surface area contributed by atoms with E-state index in [1.807, 2.05) is 24.6 Å². The molecule has 0 atom stereocenters. The molecule has 0 saturated heterocycles. The molecular weight excluding hydrogens is 1390 g/mol. The fourth-order valence-corrected chi connectivity index (χ4v) is 12.2. The van der Waals surface area contributed by atoms with Crippen LogP contribution in [-0.4, -0.2) is 9.13 Å². The van der Waals surface area contributed by atoms with Crippen LogP contribution in [0.5, 0.6) is 0 Å². The molecule has 550 valence electrons. The molecule has 107 heavy (non-hydrogen) atoms. The zero-order chi connectivity index (χ0) is 78.5. The van der Waals surface area contributed by atoms with Crippen LogP contribution in [0.25, 0.3) is 78.9 Å². The third-order valence-electron chi connectivity index (χ3n) is 17.7. The monoisotopic (exact) mass is 1470 g/mol. The van der Waals surface area contributed by atoms with E-state index in [4.69, 9.17) is 5.26 Å². The van der Waals surface area contributed by atoms with Crippen LogP contribution in [0.3, 0.4) is 0 Å². The molecule has 0 radical (unpaired) electrons. The second-order valence-corrected chi connectivity index (χ2v) is 25.6. The average Bonchev–Trinajstić information content (AvgIpc) is 1.40. The van der Waals surface area contributed by atoms with E-state index in [-0.39, 0.29) is 45.6 Å². The predicted molar refractivity (Wildman–Crippen MR) is 385 cm³/mol. The van der Waals surface area contributed by atoms with E-state index in [1.165, 1.54) is 117 Å². The van der Waals surface area contributed by atoms with Crippen LogP contribution in [0.4, 0.5) is 57.1 Å². The van der Waals surface area contributed by atoms with Gasteiger partial charge in [-0.2, -0.15) is 31.6 Å². The summed E-state index contributed by atoms with van der Waals surface area (Å²) in [5.74, 6) is -1.53. The van der Waals surface area contributed by atoms with Crippen LogP contribution in [0.15, 0.2) is 232 Å². The normalized spacial score (nSPS) is 10.9. The van der Waals surface area contributed by atoms with Crippen molar-refractivity contribution in [3.63, 3.8) is 0 Å². The van der Waals surface area contributed by atoms with Crippen LogP contribution in [0, 0.1) is 93.6 Å². The van der Waals surface area contributed by atoms with E-state index in [0.717, 1.165) is 29.0 Å². The molecule has 0 fully saturated rings. The highest BCUT2D eigenvalue weighted by molar-refractivity contribution is 5.72. The van der Waals surface area contributed by atoms with Crippen LogP contribution < -0.4 is 27.4 Å². The molecule has 0 aliphatic heterocycles. The Balaban J connectivity index is 0.000000163. The molecule has 7 aromatic carbocycles. The van der Waals surface area contributed by atoms with Gasteiger partial charge in [-0.1, -0.05) is 60.7 Å². The molecule has 6 heterocycles. The van der Waals surface area contributed by atoms with Gasteiger partial charge in [0.25, 0.3) is 11.6 Å². The van der Waals surface area contributed by atoms with Crippen molar-refractivity contribution in [3.05, 3.63) is 322 Å². The maximum Gasteiger partial charge on any atom is 0.416 e.